The van der Waals surface area contributed by atoms with Crippen LogP contribution in [0.2, 0.25) is 0 Å². The van der Waals surface area contributed by atoms with Gasteiger partial charge in [0.05, 0.1) is 12.7 Å². The van der Waals surface area contributed by atoms with E-state index in [0.717, 1.165) is 0 Å². The van der Waals surface area contributed by atoms with Crippen LogP contribution in [0, 0.1) is 10.1 Å². The second-order valence-electron chi connectivity index (χ2n) is 2.42. The number of nitrogens with zero attached hydrogens (tertiary/aromatic N) is 1. The molecule has 0 saturated carbocycles. The van der Waals surface area contributed by atoms with E-state index in [1.54, 1.807) is 6.92 Å². The van der Waals surface area contributed by atoms with Crippen molar-refractivity contribution < 1.29 is 15.1 Å². The van der Waals surface area contributed by atoms with Crippen LogP contribution < -0.4 is 0 Å². The number of nitro groups is 1. The fourth-order valence-electron chi connectivity index (χ4n) is 0.790. The zero-order chi connectivity index (χ0) is 8.85. The van der Waals surface area contributed by atoms with Crippen LogP contribution in [0.5, 0.6) is 0 Å². The number of hydrogen-bond acceptors (Lipinski definition) is 4. The van der Waals surface area contributed by atoms with Crippen LogP contribution in [0.4, 0.5) is 0 Å². The Bertz CT molecular complexity index is 128. The Morgan fingerprint density at radius 2 is 2.18 bits per heavy atom. The van der Waals surface area contributed by atoms with Crippen molar-refractivity contribution in [1.29, 1.82) is 0 Å². The van der Waals surface area contributed by atoms with Gasteiger partial charge in [-0.25, -0.2) is 0 Å². The summed E-state index contributed by atoms with van der Waals surface area (Å²) in [7, 11) is 0. The molecule has 0 bridgehead atoms. The maximum atomic E-state index is 10.2. The Labute approximate surface area is 64.8 Å². The van der Waals surface area contributed by atoms with Crippen LogP contribution in [-0.2, 0) is 0 Å². The molecule has 2 atom stereocenters. The van der Waals surface area contributed by atoms with Gasteiger partial charge in [0.2, 0.25) is 6.04 Å². The normalized spacial score (nSPS) is 15.9. The molecule has 5 nitrogen and oxygen atoms in total. The molecule has 0 aliphatic carbocycles. The first-order valence-electron chi connectivity index (χ1n) is 3.54. The van der Waals surface area contributed by atoms with Gasteiger partial charge in [0.1, 0.15) is 0 Å². The van der Waals surface area contributed by atoms with Gasteiger partial charge in [-0.05, 0) is 0 Å². The van der Waals surface area contributed by atoms with E-state index >= 15 is 0 Å². The molecule has 66 valence electrons. The molecular weight excluding hydrogens is 150 g/mol. The lowest BCUT2D eigenvalue weighted by Gasteiger charge is -2.09. The zero-order valence-corrected chi connectivity index (χ0v) is 6.43. The summed E-state index contributed by atoms with van der Waals surface area (Å²) in [5, 5.41) is 27.4. The fraction of sp³-hybridized carbons (Fsp3) is 1.00. The molecule has 11 heavy (non-hydrogen) atoms. The molecule has 2 N–H and O–H groups in total. The summed E-state index contributed by atoms with van der Waals surface area (Å²) < 4.78 is 0. The number of aliphatic hydroxyl groups is 2. The third kappa shape index (κ3) is 3.90. The molecule has 5 heteroatoms. The molecular formula is C6H13NO4. The van der Waals surface area contributed by atoms with Crippen molar-refractivity contribution in [3.05, 3.63) is 10.1 Å². The minimum atomic E-state index is -0.967. The number of hydrogen-bond donors (Lipinski definition) is 2. The van der Waals surface area contributed by atoms with E-state index in [-0.39, 0.29) is 6.42 Å². The fourth-order valence-corrected chi connectivity index (χ4v) is 0.790. The number of rotatable bonds is 5. The lowest BCUT2D eigenvalue weighted by Crippen LogP contribution is -2.26. The molecule has 0 spiro atoms. The lowest BCUT2D eigenvalue weighted by atomic mass is 10.1. The van der Waals surface area contributed by atoms with E-state index in [9.17, 15) is 10.1 Å². The topological polar surface area (TPSA) is 83.6 Å². The molecule has 0 aliphatic rings. The summed E-state index contributed by atoms with van der Waals surface area (Å²) >= 11 is 0. The van der Waals surface area contributed by atoms with Crippen molar-refractivity contribution in [2.75, 3.05) is 6.61 Å². The molecule has 0 radical (unpaired) electrons. The second kappa shape index (κ2) is 5.03. The van der Waals surface area contributed by atoms with Crippen LogP contribution in [0.25, 0.3) is 0 Å². The molecule has 2 unspecified atom stereocenters. The standard InChI is InChI=1S/C6H13NO4/c1-2-5(7(10)11)3-6(9)4-8/h5-6,8-9H,2-4H2,1H3. The van der Waals surface area contributed by atoms with Gasteiger partial charge in [-0.3, -0.25) is 10.1 Å². The first-order chi connectivity index (χ1) is 5.11. The quantitative estimate of drug-likeness (QED) is 0.433. The van der Waals surface area contributed by atoms with Crippen LogP contribution >= 0.6 is 0 Å². The van der Waals surface area contributed by atoms with E-state index < -0.39 is 23.7 Å². The summed E-state index contributed by atoms with van der Waals surface area (Å²) in [5.74, 6) is 0. The molecule has 0 aromatic rings. The molecule has 0 rings (SSSR count). The Morgan fingerprint density at radius 3 is 2.45 bits per heavy atom. The molecule has 0 fully saturated rings. The summed E-state index contributed by atoms with van der Waals surface area (Å²) in [6.07, 6.45) is -0.560. The first kappa shape index (κ1) is 10.3. The molecule has 0 aromatic heterocycles. The van der Waals surface area contributed by atoms with Crippen molar-refractivity contribution in [2.24, 2.45) is 0 Å². The van der Waals surface area contributed by atoms with Gasteiger partial charge in [-0.1, -0.05) is 6.92 Å². The number of aliphatic hydroxyl groups excluding tert-OH is 2. The second-order valence-corrected chi connectivity index (χ2v) is 2.42. The van der Waals surface area contributed by atoms with Gasteiger partial charge in [-0.15, -0.1) is 0 Å². The van der Waals surface area contributed by atoms with Crippen molar-refractivity contribution in [1.82, 2.24) is 0 Å². The highest BCUT2D eigenvalue weighted by atomic mass is 16.6. The van der Waals surface area contributed by atoms with Gasteiger partial charge in [0.15, 0.2) is 0 Å². The summed E-state index contributed by atoms with van der Waals surface area (Å²) in [5.41, 5.74) is 0. The summed E-state index contributed by atoms with van der Waals surface area (Å²) in [6.45, 7) is 1.27. The van der Waals surface area contributed by atoms with Gasteiger partial charge < -0.3 is 10.2 Å². The maximum Gasteiger partial charge on any atom is 0.215 e. The Hall–Kier alpha value is -0.680. The average molecular weight is 163 g/mol. The van der Waals surface area contributed by atoms with Gasteiger partial charge in [0, 0.05) is 17.8 Å². The smallest absolute Gasteiger partial charge is 0.215 e. The van der Waals surface area contributed by atoms with Crippen LogP contribution in [0.3, 0.4) is 0 Å². The minimum absolute atomic E-state index is 0.0278. The third-order valence-corrected chi connectivity index (χ3v) is 1.52. The maximum absolute atomic E-state index is 10.2. The Balaban J connectivity index is 3.77. The van der Waals surface area contributed by atoms with Crippen molar-refractivity contribution >= 4 is 0 Å². The largest absolute Gasteiger partial charge is 0.394 e. The highest BCUT2D eigenvalue weighted by Gasteiger charge is 2.20. The van der Waals surface area contributed by atoms with E-state index in [4.69, 9.17) is 10.2 Å². The molecule has 0 aromatic carbocycles. The van der Waals surface area contributed by atoms with Crippen LogP contribution in [0.1, 0.15) is 19.8 Å². The summed E-state index contributed by atoms with van der Waals surface area (Å²) in [4.78, 5) is 9.76. The minimum Gasteiger partial charge on any atom is -0.394 e. The molecule has 0 saturated heterocycles. The van der Waals surface area contributed by atoms with Crippen molar-refractivity contribution in [3.8, 4) is 0 Å². The highest BCUT2D eigenvalue weighted by Crippen LogP contribution is 2.05. The Kier molecular flexibility index (Phi) is 4.72. The zero-order valence-electron chi connectivity index (χ0n) is 6.43. The van der Waals surface area contributed by atoms with Gasteiger partial charge >= 0.3 is 0 Å². The van der Waals surface area contributed by atoms with Gasteiger partial charge in [0.25, 0.3) is 0 Å². The predicted octanol–water partition coefficient (Wildman–Crippen LogP) is -0.215. The highest BCUT2D eigenvalue weighted by molar-refractivity contribution is 4.61. The van der Waals surface area contributed by atoms with Crippen LogP contribution in [0.15, 0.2) is 0 Å². The monoisotopic (exact) mass is 163 g/mol. The molecule has 0 aliphatic heterocycles. The lowest BCUT2D eigenvalue weighted by molar-refractivity contribution is -0.525. The SMILES string of the molecule is CCC(CC(O)CO)[N+](=O)[O-]. The molecule has 0 amide bonds. The van der Waals surface area contributed by atoms with E-state index in [1.807, 2.05) is 0 Å². The summed E-state index contributed by atoms with van der Waals surface area (Å²) in [6, 6.07) is -0.739. The Morgan fingerprint density at radius 1 is 1.64 bits per heavy atom. The van der Waals surface area contributed by atoms with E-state index in [2.05, 4.69) is 0 Å². The predicted molar refractivity (Wildman–Crippen MR) is 38.8 cm³/mol. The van der Waals surface area contributed by atoms with Crippen LogP contribution in [-0.4, -0.2) is 33.9 Å². The van der Waals surface area contributed by atoms with E-state index in [0.29, 0.717) is 6.42 Å². The van der Waals surface area contributed by atoms with Gasteiger partial charge in [-0.2, -0.15) is 0 Å². The third-order valence-electron chi connectivity index (χ3n) is 1.52. The van der Waals surface area contributed by atoms with E-state index in [1.165, 1.54) is 0 Å². The van der Waals surface area contributed by atoms with Crippen molar-refractivity contribution in [2.45, 2.75) is 31.9 Å². The molecule has 0 heterocycles. The average Bonchev–Trinajstić information content (AvgIpc) is 1.99. The first-order valence-corrected chi connectivity index (χ1v) is 3.54. The van der Waals surface area contributed by atoms with Crippen molar-refractivity contribution in [3.63, 3.8) is 0 Å².